The van der Waals surface area contributed by atoms with Crippen molar-refractivity contribution in [2.75, 3.05) is 50.6 Å². The summed E-state index contributed by atoms with van der Waals surface area (Å²) in [5, 5.41) is 3.08. The molecule has 7 heteroatoms. The lowest BCUT2D eigenvalue weighted by Gasteiger charge is -2.28. The maximum Gasteiger partial charge on any atom is 0.0985 e. The van der Waals surface area contributed by atoms with Gasteiger partial charge in [0.1, 0.15) is 0 Å². The zero-order valence-corrected chi connectivity index (χ0v) is 22.2. The van der Waals surface area contributed by atoms with Crippen LogP contribution < -0.4 is 9.80 Å². The SMILES string of the molecule is CCN1C(=CC=CC2Sc3ccc(Cl)cc3N2CCC[N+](C)(C)C)Sc2ccc(Cl)cc21. The monoisotopic (exact) mass is 506 g/mol. The average Bonchev–Trinajstić information content (AvgIpc) is 3.24. The highest BCUT2D eigenvalue weighted by Gasteiger charge is 2.29. The molecule has 0 saturated heterocycles. The molecule has 0 saturated carbocycles. The van der Waals surface area contributed by atoms with Crippen molar-refractivity contribution in [1.82, 2.24) is 0 Å². The zero-order valence-electron chi connectivity index (χ0n) is 19.0. The molecule has 2 aromatic carbocycles. The number of halogens is 2. The van der Waals surface area contributed by atoms with Crippen LogP contribution in [0.3, 0.4) is 0 Å². The molecule has 2 aliphatic heterocycles. The minimum atomic E-state index is 0.270. The molecule has 32 heavy (non-hydrogen) atoms. The number of allylic oxidation sites excluding steroid dienone is 2. The largest absolute Gasteiger partial charge is 0.354 e. The normalized spacial score (nSPS) is 19.3. The van der Waals surface area contributed by atoms with Gasteiger partial charge in [-0.05, 0) is 49.4 Å². The first kappa shape index (κ1) is 23.9. The second-order valence-corrected chi connectivity index (χ2v) is 12.1. The van der Waals surface area contributed by atoms with Crippen molar-refractivity contribution in [3.8, 4) is 0 Å². The fourth-order valence-electron chi connectivity index (χ4n) is 4.01. The van der Waals surface area contributed by atoms with Gasteiger partial charge in [0, 0.05) is 39.3 Å². The van der Waals surface area contributed by atoms with Crippen molar-refractivity contribution in [1.29, 1.82) is 0 Å². The van der Waals surface area contributed by atoms with Crippen molar-refractivity contribution in [3.63, 3.8) is 0 Å². The van der Waals surface area contributed by atoms with Gasteiger partial charge in [0.05, 0.1) is 49.5 Å². The van der Waals surface area contributed by atoms with E-state index in [4.69, 9.17) is 23.2 Å². The fourth-order valence-corrected chi connectivity index (χ4v) is 6.68. The minimum absolute atomic E-state index is 0.270. The van der Waals surface area contributed by atoms with E-state index in [-0.39, 0.29) is 5.37 Å². The van der Waals surface area contributed by atoms with Gasteiger partial charge in [0.2, 0.25) is 0 Å². The topological polar surface area (TPSA) is 6.48 Å². The van der Waals surface area contributed by atoms with E-state index in [1.54, 1.807) is 11.8 Å². The fraction of sp³-hybridized carbons (Fsp3) is 0.360. The lowest BCUT2D eigenvalue weighted by Crippen LogP contribution is -2.38. The molecule has 0 radical (unpaired) electrons. The van der Waals surface area contributed by atoms with Gasteiger partial charge in [-0.2, -0.15) is 0 Å². The predicted molar refractivity (Wildman–Crippen MR) is 144 cm³/mol. The Bertz CT molecular complexity index is 1050. The van der Waals surface area contributed by atoms with E-state index < -0.39 is 0 Å². The Hall–Kier alpha value is -1.24. The van der Waals surface area contributed by atoms with E-state index in [9.17, 15) is 0 Å². The van der Waals surface area contributed by atoms with Gasteiger partial charge in [0.15, 0.2) is 0 Å². The Morgan fingerprint density at radius 2 is 1.69 bits per heavy atom. The lowest BCUT2D eigenvalue weighted by molar-refractivity contribution is -0.870. The van der Waals surface area contributed by atoms with E-state index in [2.05, 4.69) is 80.4 Å². The second kappa shape index (κ2) is 9.94. The molecule has 0 spiro atoms. The molecule has 2 aliphatic rings. The van der Waals surface area contributed by atoms with Gasteiger partial charge in [-0.15, -0.1) is 0 Å². The molecule has 170 valence electrons. The number of fused-ring (bicyclic) bond motifs is 2. The maximum absolute atomic E-state index is 6.34. The van der Waals surface area contributed by atoms with Crippen LogP contribution in [-0.4, -0.2) is 50.6 Å². The number of quaternary nitrogens is 1. The van der Waals surface area contributed by atoms with Crippen LogP contribution in [0.1, 0.15) is 13.3 Å². The molecule has 0 aromatic heterocycles. The number of nitrogens with zero attached hydrogens (tertiary/aromatic N) is 3. The Morgan fingerprint density at radius 1 is 1.00 bits per heavy atom. The summed E-state index contributed by atoms with van der Waals surface area (Å²) in [6, 6.07) is 12.4. The quantitative estimate of drug-likeness (QED) is 0.361. The molecule has 2 aromatic rings. The van der Waals surface area contributed by atoms with E-state index >= 15 is 0 Å². The highest BCUT2D eigenvalue weighted by molar-refractivity contribution is 8.03. The van der Waals surface area contributed by atoms with Gasteiger partial charge in [-0.25, -0.2) is 0 Å². The highest BCUT2D eigenvalue weighted by atomic mass is 35.5. The molecule has 3 nitrogen and oxygen atoms in total. The number of hydrogen-bond donors (Lipinski definition) is 0. The van der Waals surface area contributed by atoms with E-state index in [0.717, 1.165) is 40.6 Å². The average molecular weight is 508 g/mol. The van der Waals surface area contributed by atoms with E-state index in [0.29, 0.717) is 0 Å². The summed E-state index contributed by atoms with van der Waals surface area (Å²) >= 11 is 16.3. The van der Waals surface area contributed by atoms with Crippen LogP contribution in [0.15, 0.2) is 69.4 Å². The zero-order chi connectivity index (χ0) is 22.9. The summed E-state index contributed by atoms with van der Waals surface area (Å²) in [4.78, 5) is 7.38. The molecule has 0 amide bonds. The standard InChI is InChI=1S/C25H30Cl2N3S2/c1-5-28-20-16-18(26)10-12-22(20)31-24(28)8-6-9-25-29(14-7-15-30(2,3)4)21-17-19(27)11-13-23(21)32-25/h6,8-13,16-17,25H,5,7,14-15H2,1-4H3/q+1. The summed E-state index contributed by atoms with van der Waals surface area (Å²) < 4.78 is 0.977. The van der Waals surface area contributed by atoms with E-state index in [1.807, 2.05) is 23.9 Å². The molecular formula is C25H30Cl2N3S2+. The minimum Gasteiger partial charge on any atom is -0.354 e. The van der Waals surface area contributed by atoms with Crippen LogP contribution in [0.4, 0.5) is 11.4 Å². The van der Waals surface area contributed by atoms with Gasteiger partial charge >= 0.3 is 0 Å². The first-order chi connectivity index (χ1) is 15.2. The summed E-state index contributed by atoms with van der Waals surface area (Å²) in [5.74, 6) is 0. The molecule has 2 heterocycles. The van der Waals surface area contributed by atoms with Crippen molar-refractivity contribution in [3.05, 3.63) is 69.7 Å². The lowest BCUT2D eigenvalue weighted by atomic mass is 10.2. The number of hydrogen-bond acceptors (Lipinski definition) is 4. The summed E-state index contributed by atoms with van der Waals surface area (Å²) in [7, 11) is 6.74. The summed E-state index contributed by atoms with van der Waals surface area (Å²) in [5.41, 5.74) is 2.45. The highest BCUT2D eigenvalue weighted by Crippen LogP contribution is 2.47. The van der Waals surface area contributed by atoms with Crippen LogP contribution in [0.2, 0.25) is 10.0 Å². The number of benzene rings is 2. The Kier molecular flexibility index (Phi) is 7.43. The number of rotatable bonds is 7. The second-order valence-electron chi connectivity index (χ2n) is 9.03. The summed E-state index contributed by atoms with van der Waals surface area (Å²) in [6.07, 6.45) is 7.87. The molecule has 0 N–H and O–H groups in total. The van der Waals surface area contributed by atoms with Crippen LogP contribution in [-0.2, 0) is 0 Å². The first-order valence-corrected chi connectivity index (χ1v) is 13.4. The molecule has 1 atom stereocenters. The third-order valence-corrected chi connectivity index (χ3v) is 8.39. The molecule has 4 rings (SSSR count). The third-order valence-electron chi connectivity index (χ3n) is 5.54. The van der Waals surface area contributed by atoms with Crippen molar-refractivity contribution >= 4 is 58.1 Å². The van der Waals surface area contributed by atoms with Crippen molar-refractivity contribution in [2.45, 2.75) is 28.5 Å². The smallest absolute Gasteiger partial charge is 0.0985 e. The summed E-state index contributed by atoms with van der Waals surface area (Å²) in [6.45, 7) is 5.25. The van der Waals surface area contributed by atoms with Crippen LogP contribution in [0.5, 0.6) is 0 Å². The Morgan fingerprint density at radius 3 is 2.38 bits per heavy atom. The first-order valence-electron chi connectivity index (χ1n) is 10.9. The van der Waals surface area contributed by atoms with Crippen LogP contribution in [0.25, 0.3) is 0 Å². The van der Waals surface area contributed by atoms with E-state index in [1.165, 1.54) is 26.2 Å². The predicted octanol–water partition coefficient (Wildman–Crippen LogP) is 7.36. The maximum atomic E-state index is 6.34. The van der Waals surface area contributed by atoms with Gasteiger partial charge in [-0.3, -0.25) is 0 Å². The third kappa shape index (κ3) is 5.45. The molecule has 0 fully saturated rings. The molecule has 0 bridgehead atoms. The number of anilines is 2. The Balaban J connectivity index is 1.52. The van der Waals surface area contributed by atoms with Crippen molar-refractivity contribution < 1.29 is 4.48 Å². The number of thioether (sulfide) groups is 2. The van der Waals surface area contributed by atoms with Gasteiger partial charge in [-0.1, -0.05) is 58.9 Å². The Labute approximate surface area is 210 Å². The van der Waals surface area contributed by atoms with Gasteiger partial charge in [0.25, 0.3) is 0 Å². The molecule has 1 unspecified atom stereocenters. The van der Waals surface area contributed by atoms with Crippen LogP contribution >= 0.6 is 46.7 Å². The van der Waals surface area contributed by atoms with Crippen LogP contribution in [0, 0.1) is 0 Å². The molecular weight excluding hydrogens is 477 g/mol. The van der Waals surface area contributed by atoms with Crippen molar-refractivity contribution in [2.24, 2.45) is 0 Å². The molecule has 0 aliphatic carbocycles. The van der Waals surface area contributed by atoms with Gasteiger partial charge < -0.3 is 14.3 Å².